The third kappa shape index (κ3) is 3.56. The smallest absolute Gasteiger partial charge is 0.171 e. The summed E-state index contributed by atoms with van der Waals surface area (Å²) in [6, 6.07) is 14.5. The minimum Gasteiger partial charge on any atom is -0.486 e. The molecule has 0 radical (unpaired) electrons. The van der Waals surface area contributed by atoms with Crippen LogP contribution in [0.3, 0.4) is 0 Å². The Morgan fingerprint density at radius 1 is 1.20 bits per heavy atom. The number of rotatable bonds is 4. The molecule has 0 amide bonds. The Kier molecular flexibility index (Phi) is 4.42. The lowest BCUT2D eigenvalue weighted by molar-refractivity contribution is 0.226. The van der Waals surface area contributed by atoms with Crippen molar-refractivity contribution in [2.75, 3.05) is 0 Å². The molecule has 0 aliphatic carbocycles. The van der Waals surface area contributed by atoms with E-state index in [0.29, 0.717) is 0 Å². The van der Waals surface area contributed by atoms with Crippen LogP contribution in [0.4, 0.5) is 0 Å². The van der Waals surface area contributed by atoms with Gasteiger partial charge in [-0.05, 0) is 49.2 Å². The quantitative estimate of drug-likeness (QED) is 0.935. The Bertz CT molecular complexity index is 694. The summed E-state index contributed by atoms with van der Waals surface area (Å²) in [5.74, 6) is 0.757. The van der Waals surface area contributed by atoms with Gasteiger partial charge in [-0.25, -0.2) is 4.21 Å². The van der Waals surface area contributed by atoms with Crippen LogP contribution in [0.1, 0.15) is 24.2 Å². The van der Waals surface area contributed by atoms with Gasteiger partial charge in [-0.1, -0.05) is 24.3 Å². The summed E-state index contributed by atoms with van der Waals surface area (Å²) in [6.07, 6.45) is -0.228. The summed E-state index contributed by atoms with van der Waals surface area (Å²) in [7, 11) is -3.37. The van der Waals surface area contributed by atoms with E-state index in [0.717, 1.165) is 16.9 Å². The maximum atomic E-state index is 11.6. The Labute approximate surface area is 124 Å². The van der Waals surface area contributed by atoms with Gasteiger partial charge in [-0.15, -0.1) is 0 Å². The third-order valence-electron chi connectivity index (χ3n) is 3.04. The lowest BCUT2D eigenvalue weighted by Crippen LogP contribution is -2.07. The molecule has 0 spiro atoms. The van der Waals surface area contributed by atoms with Crippen molar-refractivity contribution in [1.82, 2.24) is 0 Å². The Morgan fingerprint density at radius 2 is 1.85 bits per heavy atom. The van der Waals surface area contributed by atoms with E-state index in [4.69, 9.17) is 4.74 Å². The molecule has 2 aromatic carbocycles. The van der Waals surface area contributed by atoms with Gasteiger partial charge in [0.2, 0.25) is 0 Å². The van der Waals surface area contributed by atoms with E-state index in [1.54, 1.807) is 18.2 Å². The van der Waals surface area contributed by atoms with Gasteiger partial charge in [0.25, 0.3) is 0 Å². The van der Waals surface area contributed by atoms with Crippen molar-refractivity contribution in [3.63, 3.8) is 0 Å². The van der Waals surface area contributed by atoms with Crippen molar-refractivity contribution < 1.29 is 13.5 Å². The third-order valence-corrected chi connectivity index (χ3v) is 4.47. The van der Waals surface area contributed by atoms with Gasteiger partial charge in [0.15, 0.2) is 8.77 Å². The predicted molar refractivity (Wildman–Crippen MR) is 83.1 cm³/mol. The summed E-state index contributed by atoms with van der Waals surface area (Å²) in [5.41, 5.74) is 1.86. The zero-order chi connectivity index (χ0) is 14.8. The molecule has 2 atom stereocenters. The van der Waals surface area contributed by atoms with Crippen molar-refractivity contribution in [1.29, 1.82) is 0 Å². The number of para-hydroxylation sites is 1. The second kappa shape index (κ2) is 5.91. The van der Waals surface area contributed by atoms with Crippen LogP contribution in [0.5, 0.6) is 5.75 Å². The van der Waals surface area contributed by atoms with Crippen molar-refractivity contribution >= 4 is 20.0 Å². The van der Waals surface area contributed by atoms with Crippen LogP contribution in [0.25, 0.3) is 0 Å². The zero-order valence-corrected chi connectivity index (χ0v) is 12.9. The monoisotopic (exact) mass is 308 g/mol. The highest BCUT2D eigenvalue weighted by atomic mass is 32.8. The predicted octanol–water partition coefficient (Wildman–Crippen LogP) is 3.71. The maximum absolute atomic E-state index is 11.6. The van der Waals surface area contributed by atoms with E-state index in [1.165, 1.54) is 0 Å². The second-order valence-electron chi connectivity index (χ2n) is 4.57. The first-order valence-corrected chi connectivity index (χ1v) is 8.61. The molecule has 0 saturated heterocycles. The molecule has 0 aromatic heterocycles. The molecule has 0 saturated carbocycles. The zero-order valence-electron chi connectivity index (χ0n) is 11.3. The number of aryl methyl sites for hydroxylation is 1. The average Bonchev–Trinajstić information content (AvgIpc) is 2.39. The van der Waals surface area contributed by atoms with Crippen molar-refractivity contribution in [2.45, 2.75) is 24.8 Å². The molecular formula is C15H16O3S2. The highest BCUT2D eigenvalue weighted by Gasteiger charge is 2.14. The fraction of sp³-hybridized carbons (Fsp3) is 0.200. The molecule has 0 fully saturated rings. The molecule has 1 N–H and O–H groups in total. The van der Waals surface area contributed by atoms with Gasteiger partial charge in [0.1, 0.15) is 11.9 Å². The molecule has 2 aromatic rings. The molecule has 3 nitrogen and oxygen atoms in total. The first-order valence-electron chi connectivity index (χ1n) is 6.17. The topological polar surface area (TPSA) is 46.5 Å². The van der Waals surface area contributed by atoms with Gasteiger partial charge in [0.05, 0.1) is 4.90 Å². The van der Waals surface area contributed by atoms with Gasteiger partial charge in [-0.2, -0.15) is 0 Å². The summed E-state index contributed by atoms with van der Waals surface area (Å²) < 4.78 is 26.9. The minimum absolute atomic E-state index is 0.228. The molecule has 2 rings (SSSR count). The molecule has 2 unspecified atom stereocenters. The Balaban J connectivity index is 2.32. The second-order valence-corrected chi connectivity index (χ2v) is 7.34. The summed E-state index contributed by atoms with van der Waals surface area (Å²) in [6.45, 7) is 3.84. The fourth-order valence-electron chi connectivity index (χ4n) is 1.98. The normalized spacial score (nSPS) is 15.3. The summed E-state index contributed by atoms with van der Waals surface area (Å²) in [4.78, 5) is 0.247. The first kappa shape index (κ1) is 15.0. The molecule has 0 heterocycles. The number of hydrogen-bond acceptors (Lipinski definition) is 3. The average molecular weight is 308 g/mol. The molecule has 0 bridgehead atoms. The van der Waals surface area contributed by atoms with Crippen LogP contribution < -0.4 is 4.74 Å². The molecule has 0 aliphatic rings. The van der Waals surface area contributed by atoms with E-state index >= 15 is 0 Å². The van der Waals surface area contributed by atoms with Gasteiger partial charge >= 0.3 is 0 Å². The lowest BCUT2D eigenvalue weighted by atomic mass is 10.0. The molecular weight excluding hydrogens is 292 g/mol. The van der Waals surface area contributed by atoms with Crippen molar-refractivity contribution in [3.8, 4) is 5.75 Å². The first-order chi connectivity index (χ1) is 9.38. The Morgan fingerprint density at radius 3 is 2.45 bits per heavy atom. The maximum Gasteiger partial charge on any atom is 0.171 e. The Hall–Kier alpha value is -1.43. The number of ether oxygens (including phenoxy) is 1. The van der Waals surface area contributed by atoms with Crippen LogP contribution in [0.15, 0.2) is 53.4 Å². The summed E-state index contributed by atoms with van der Waals surface area (Å²) >= 11 is 4.61. The van der Waals surface area contributed by atoms with E-state index in [1.807, 2.05) is 44.2 Å². The standard InChI is InChI=1S/C15H16O3S2/c1-11-8-9-14(20(16,17)19)10-15(11)12(2)18-13-6-4-3-5-7-13/h3-10,12H,1-2H3,(H,16,17,19). The SMILES string of the molecule is Cc1ccc(S(=O)(O)=S)cc1C(C)Oc1ccccc1. The van der Waals surface area contributed by atoms with Crippen molar-refractivity contribution in [3.05, 3.63) is 59.7 Å². The molecule has 5 heteroatoms. The molecule has 106 valence electrons. The lowest BCUT2D eigenvalue weighted by Gasteiger charge is -2.18. The van der Waals surface area contributed by atoms with Crippen LogP contribution in [0.2, 0.25) is 0 Å². The van der Waals surface area contributed by atoms with E-state index in [-0.39, 0.29) is 11.0 Å². The van der Waals surface area contributed by atoms with Gasteiger partial charge < -0.3 is 9.29 Å². The van der Waals surface area contributed by atoms with Crippen LogP contribution in [-0.2, 0) is 20.0 Å². The highest BCUT2D eigenvalue weighted by Crippen LogP contribution is 2.26. The number of hydrogen-bond donors (Lipinski definition) is 1. The fourth-order valence-corrected chi connectivity index (χ4v) is 2.81. The van der Waals surface area contributed by atoms with Crippen LogP contribution in [0, 0.1) is 6.92 Å². The van der Waals surface area contributed by atoms with E-state index < -0.39 is 8.77 Å². The highest BCUT2D eigenvalue weighted by molar-refractivity contribution is 8.29. The summed E-state index contributed by atoms with van der Waals surface area (Å²) in [5, 5.41) is 0. The largest absolute Gasteiger partial charge is 0.486 e. The number of benzene rings is 2. The van der Waals surface area contributed by atoms with E-state index in [9.17, 15) is 8.76 Å². The molecule has 20 heavy (non-hydrogen) atoms. The van der Waals surface area contributed by atoms with Crippen molar-refractivity contribution in [2.24, 2.45) is 0 Å². The van der Waals surface area contributed by atoms with Gasteiger partial charge in [-0.3, -0.25) is 0 Å². The molecule has 0 aliphatic heterocycles. The van der Waals surface area contributed by atoms with E-state index in [2.05, 4.69) is 11.2 Å². The van der Waals surface area contributed by atoms with Crippen LogP contribution in [-0.4, -0.2) is 8.76 Å². The van der Waals surface area contributed by atoms with Crippen LogP contribution >= 0.6 is 0 Å². The van der Waals surface area contributed by atoms with Gasteiger partial charge in [0, 0.05) is 11.2 Å². The minimum atomic E-state index is -3.37.